The van der Waals surface area contributed by atoms with Gasteiger partial charge in [0.15, 0.2) is 5.69 Å². The van der Waals surface area contributed by atoms with Crippen LogP contribution in [0, 0.1) is 15.3 Å². The Morgan fingerprint density at radius 1 is 1.23 bits per heavy atom. The molecule has 0 atom stereocenters. The van der Waals surface area contributed by atoms with Gasteiger partial charge in [0.1, 0.15) is 0 Å². The third kappa shape index (κ3) is 3.12. The molecule has 0 aliphatic carbocycles. The van der Waals surface area contributed by atoms with E-state index in [1.165, 1.54) is 22.9 Å². The van der Waals surface area contributed by atoms with E-state index in [1.807, 2.05) is 0 Å². The maximum atomic E-state index is 13.0. The number of non-ortho nitro benzene ring substituents is 1. The number of halogens is 1. The van der Waals surface area contributed by atoms with E-state index in [4.69, 9.17) is 17.3 Å². The highest BCUT2D eigenvalue weighted by molar-refractivity contribution is 6.30. The number of nitrogens with two attached hydrogens (primary N) is 1. The number of carbonyl (C=O) groups is 1. The second kappa shape index (κ2) is 7.11. The third-order valence-electron chi connectivity index (χ3n) is 4.03. The minimum absolute atomic E-state index is 0.0635. The van der Waals surface area contributed by atoms with Gasteiger partial charge in [0.25, 0.3) is 11.2 Å². The van der Waals surface area contributed by atoms with Crippen molar-refractivity contribution in [3.8, 4) is 0 Å². The lowest BCUT2D eigenvalue weighted by molar-refractivity contribution is -0.670. The summed E-state index contributed by atoms with van der Waals surface area (Å²) in [6.45, 7) is 0.556. The highest BCUT2D eigenvalue weighted by Crippen LogP contribution is 2.25. The lowest BCUT2D eigenvalue weighted by Crippen LogP contribution is -2.39. The minimum atomic E-state index is -0.586. The number of hydrogen-bond donors (Lipinski definition) is 1. The van der Waals surface area contributed by atoms with Crippen molar-refractivity contribution in [2.24, 2.45) is 5.73 Å². The molecule has 0 amide bonds. The van der Waals surface area contributed by atoms with Crippen LogP contribution < -0.4 is 10.6 Å². The number of nitro groups is 1. The van der Waals surface area contributed by atoms with Crippen LogP contribution in [0.3, 0.4) is 0 Å². The van der Waals surface area contributed by atoms with Gasteiger partial charge in [0, 0.05) is 16.7 Å². The Bertz CT molecular complexity index is 998. The number of hydrogen-bond acceptors (Lipinski definition) is 5. The number of nitrogens with zero attached hydrogens (tertiary/aromatic N) is 3. The monoisotopic (exact) mass is 374 g/mol. The average Bonchev–Trinajstić information content (AvgIpc) is 2.91. The Hall–Kier alpha value is -2.97. The molecule has 0 radical (unpaired) electrons. The molecule has 9 heteroatoms. The molecule has 0 aliphatic heterocycles. The van der Waals surface area contributed by atoms with Gasteiger partial charge in [0.05, 0.1) is 22.9 Å². The Morgan fingerprint density at radius 2 is 1.92 bits per heavy atom. The van der Waals surface area contributed by atoms with Crippen LogP contribution in [0.4, 0.5) is 5.69 Å². The largest absolute Gasteiger partial charge is 0.595 e. The molecule has 2 N–H and O–H groups in total. The van der Waals surface area contributed by atoms with Crippen molar-refractivity contribution in [1.29, 1.82) is 0 Å². The van der Waals surface area contributed by atoms with E-state index >= 15 is 0 Å². The van der Waals surface area contributed by atoms with Gasteiger partial charge in [-0.05, 0) is 43.3 Å². The normalized spacial score (nSPS) is 11.0. The van der Waals surface area contributed by atoms with Crippen LogP contribution in [0.25, 0.3) is 10.9 Å². The van der Waals surface area contributed by atoms with E-state index in [0.717, 1.165) is 0 Å². The lowest BCUT2D eigenvalue weighted by atomic mass is 10.0. The van der Waals surface area contributed by atoms with Crippen molar-refractivity contribution in [1.82, 2.24) is 4.68 Å². The predicted octanol–water partition coefficient (Wildman–Crippen LogP) is 2.42. The smallest absolute Gasteiger partial charge is 0.276 e. The summed E-state index contributed by atoms with van der Waals surface area (Å²) in [4.78, 5) is 23.9. The molecule has 3 rings (SSSR count). The van der Waals surface area contributed by atoms with Crippen LogP contribution >= 0.6 is 11.6 Å². The molecular weight excluding hydrogens is 360 g/mol. The molecule has 8 nitrogen and oxygen atoms in total. The molecule has 0 saturated heterocycles. The fourth-order valence-electron chi connectivity index (χ4n) is 2.77. The molecule has 3 aromatic rings. The van der Waals surface area contributed by atoms with Crippen molar-refractivity contribution >= 4 is 34.0 Å². The molecule has 0 unspecified atom stereocenters. The number of ketones is 1. The molecule has 134 valence electrons. The molecule has 0 spiro atoms. The van der Waals surface area contributed by atoms with E-state index in [9.17, 15) is 20.1 Å². The molecule has 1 heterocycles. The zero-order chi connectivity index (χ0) is 18.8. The van der Waals surface area contributed by atoms with Crippen LogP contribution in [-0.2, 0) is 6.54 Å². The van der Waals surface area contributed by atoms with Crippen LogP contribution in [-0.4, -0.2) is 21.9 Å². The Labute approximate surface area is 153 Å². The minimum Gasteiger partial charge on any atom is -0.595 e. The van der Waals surface area contributed by atoms with E-state index in [2.05, 4.69) is 0 Å². The molecule has 0 saturated carbocycles. The topological polar surface area (TPSA) is 118 Å². The summed E-state index contributed by atoms with van der Waals surface area (Å²) in [6.07, 6.45) is 0.478. The average molecular weight is 375 g/mol. The van der Waals surface area contributed by atoms with Crippen molar-refractivity contribution in [2.45, 2.75) is 13.0 Å². The molecule has 2 aromatic carbocycles. The van der Waals surface area contributed by atoms with Gasteiger partial charge in [-0.1, -0.05) is 16.4 Å². The predicted molar refractivity (Wildman–Crippen MR) is 96.1 cm³/mol. The summed E-state index contributed by atoms with van der Waals surface area (Å²) in [7, 11) is 0. The van der Waals surface area contributed by atoms with Gasteiger partial charge in [0.2, 0.25) is 5.78 Å². The molecule has 0 fully saturated rings. The van der Waals surface area contributed by atoms with E-state index in [-0.39, 0.29) is 29.2 Å². The molecule has 26 heavy (non-hydrogen) atoms. The van der Waals surface area contributed by atoms with Crippen LogP contribution in [0.1, 0.15) is 22.5 Å². The van der Waals surface area contributed by atoms with Crippen molar-refractivity contribution < 1.29 is 14.6 Å². The SMILES string of the molecule is NCCCn1c(C(=O)c2ccc(Cl)cc2)c2ccc([N+](=O)[O-])cc2[n+]1[O-]. The van der Waals surface area contributed by atoms with Crippen LogP contribution in [0.2, 0.25) is 5.02 Å². The number of fused-ring (bicyclic) bond motifs is 1. The van der Waals surface area contributed by atoms with Crippen molar-refractivity contribution in [2.75, 3.05) is 6.54 Å². The second-order valence-corrected chi connectivity index (χ2v) is 6.12. The maximum Gasteiger partial charge on any atom is 0.276 e. The van der Waals surface area contributed by atoms with Crippen molar-refractivity contribution in [3.63, 3.8) is 0 Å². The number of rotatable bonds is 6. The molecule has 0 aliphatic rings. The Balaban J connectivity index is 2.22. The summed E-state index contributed by atoms with van der Waals surface area (Å²) in [5, 5.41) is 24.5. The van der Waals surface area contributed by atoms with E-state index in [1.54, 1.807) is 24.3 Å². The Morgan fingerprint density at radius 3 is 2.54 bits per heavy atom. The summed E-state index contributed by atoms with van der Waals surface area (Å²) in [5.41, 5.74) is 5.90. The summed E-state index contributed by atoms with van der Waals surface area (Å²) < 4.78 is 1.26. The van der Waals surface area contributed by atoms with Gasteiger partial charge in [-0.15, -0.1) is 4.68 Å². The second-order valence-electron chi connectivity index (χ2n) is 5.68. The first-order valence-corrected chi connectivity index (χ1v) is 8.22. The molecule has 1 aromatic heterocycles. The number of benzene rings is 2. The number of nitro benzene ring substituents is 1. The third-order valence-corrected chi connectivity index (χ3v) is 4.28. The van der Waals surface area contributed by atoms with Crippen LogP contribution in [0.15, 0.2) is 42.5 Å². The molecule has 0 bridgehead atoms. The highest BCUT2D eigenvalue weighted by atomic mass is 35.5. The number of aromatic nitrogens is 2. The number of carbonyl (C=O) groups excluding carboxylic acids is 1. The first-order valence-electron chi connectivity index (χ1n) is 7.85. The zero-order valence-electron chi connectivity index (χ0n) is 13.6. The quantitative estimate of drug-likeness (QED) is 0.234. The van der Waals surface area contributed by atoms with Gasteiger partial charge >= 0.3 is 0 Å². The van der Waals surface area contributed by atoms with Crippen LogP contribution in [0.5, 0.6) is 0 Å². The van der Waals surface area contributed by atoms with Gasteiger partial charge in [-0.3, -0.25) is 14.9 Å². The first-order chi connectivity index (χ1) is 12.4. The summed E-state index contributed by atoms with van der Waals surface area (Å²) in [6, 6.07) is 10.2. The van der Waals surface area contributed by atoms with E-state index < -0.39 is 4.92 Å². The van der Waals surface area contributed by atoms with Gasteiger partial charge in [-0.25, -0.2) is 0 Å². The summed E-state index contributed by atoms with van der Waals surface area (Å²) in [5.74, 6) is -0.368. The maximum absolute atomic E-state index is 13.0. The highest BCUT2D eigenvalue weighted by Gasteiger charge is 2.28. The fourth-order valence-corrected chi connectivity index (χ4v) is 2.90. The fraction of sp³-hybridized carbons (Fsp3) is 0.176. The molecular formula is C17H15ClN4O4. The summed E-state index contributed by atoms with van der Waals surface area (Å²) >= 11 is 5.86. The lowest BCUT2D eigenvalue weighted by Gasteiger charge is -2.07. The standard InChI is InChI=1S/C17H15ClN4O4/c18-12-4-2-11(3-5-12)17(23)16-14-7-6-13(22(25)26)10-15(14)21(24)20(16)9-1-8-19/h2-7,10H,1,8-9,19H2. The zero-order valence-corrected chi connectivity index (χ0v) is 14.3. The van der Waals surface area contributed by atoms with Gasteiger partial charge in [-0.2, -0.15) is 0 Å². The Kier molecular flexibility index (Phi) is 4.88. The van der Waals surface area contributed by atoms with Gasteiger partial charge < -0.3 is 10.9 Å². The van der Waals surface area contributed by atoms with E-state index in [0.29, 0.717) is 33.8 Å². The first kappa shape index (κ1) is 17.8. The van der Waals surface area contributed by atoms with Crippen molar-refractivity contribution in [3.05, 3.63) is 74.1 Å².